The van der Waals surface area contributed by atoms with Crippen molar-refractivity contribution in [3.05, 3.63) is 35.9 Å². The van der Waals surface area contributed by atoms with Gasteiger partial charge in [0.05, 0.1) is 19.6 Å². The Hall–Kier alpha value is -2.76. The average Bonchev–Trinajstić information content (AvgIpc) is 2.82. The van der Waals surface area contributed by atoms with Crippen LogP contribution < -0.4 is 5.32 Å². The van der Waals surface area contributed by atoms with Crippen molar-refractivity contribution >= 4 is 29.4 Å². The van der Waals surface area contributed by atoms with E-state index in [1.165, 1.54) is 5.01 Å². The van der Waals surface area contributed by atoms with Crippen LogP contribution >= 0.6 is 11.6 Å². The minimum absolute atomic E-state index is 0.0791. The molecule has 2 aliphatic heterocycles. The second-order valence-corrected chi connectivity index (χ2v) is 9.65. The van der Waals surface area contributed by atoms with Gasteiger partial charge in [0, 0.05) is 19.0 Å². The molecular formula is C25H34ClN5O3. The number of terminal acetylenes is 1. The first-order valence-corrected chi connectivity index (χ1v) is 12.3. The first-order chi connectivity index (χ1) is 16.3. The van der Waals surface area contributed by atoms with Gasteiger partial charge in [-0.3, -0.25) is 9.59 Å². The molecule has 2 fully saturated rings. The Bertz CT molecular complexity index is 919. The lowest BCUT2D eigenvalue weighted by Gasteiger charge is -2.55. The van der Waals surface area contributed by atoms with Crippen LogP contribution in [0.4, 0.5) is 4.79 Å². The molecule has 3 atom stereocenters. The summed E-state index contributed by atoms with van der Waals surface area (Å²) in [5, 5.41) is 6.06. The van der Waals surface area contributed by atoms with E-state index < -0.39 is 12.2 Å². The molecule has 2 aliphatic rings. The van der Waals surface area contributed by atoms with E-state index in [0.29, 0.717) is 19.0 Å². The van der Waals surface area contributed by atoms with Gasteiger partial charge in [0.15, 0.2) is 0 Å². The summed E-state index contributed by atoms with van der Waals surface area (Å²) >= 11 is 6.16. The first-order valence-electron chi connectivity index (χ1n) is 11.7. The summed E-state index contributed by atoms with van der Waals surface area (Å²) in [5.74, 6) is 2.56. The van der Waals surface area contributed by atoms with Gasteiger partial charge >= 0.3 is 6.03 Å². The van der Waals surface area contributed by atoms with Gasteiger partial charge in [-0.15, -0.1) is 18.0 Å². The number of benzene rings is 1. The Balaban J connectivity index is 1.93. The third-order valence-electron chi connectivity index (χ3n) is 6.29. The van der Waals surface area contributed by atoms with E-state index in [1.807, 2.05) is 37.3 Å². The average molecular weight is 488 g/mol. The van der Waals surface area contributed by atoms with Gasteiger partial charge in [-0.05, 0) is 23.8 Å². The number of carbonyl (C=O) groups is 3. The smallest absolute Gasteiger partial charge is 0.334 e. The van der Waals surface area contributed by atoms with Gasteiger partial charge in [0.2, 0.25) is 11.8 Å². The molecule has 1 aromatic carbocycles. The summed E-state index contributed by atoms with van der Waals surface area (Å²) in [6.07, 6.45) is 5.73. The molecule has 34 heavy (non-hydrogen) atoms. The van der Waals surface area contributed by atoms with E-state index in [2.05, 4.69) is 25.1 Å². The molecule has 0 saturated carbocycles. The highest BCUT2D eigenvalue weighted by atomic mass is 35.5. The van der Waals surface area contributed by atoms with Crippen molar-refractivity contribution in [3.8, 4) is 12.3 Å². The fourth-order valence-corrected chi connectivity index (χ4v) is 4.63. The fourth-order valence-electron chi connectivity index (χ4n) is 4.46. The molecule has 2 heterocycles. The predicted molar refractivity (Wildman–Crippen MR) is 131 cm³/mol. The molecule has 3 rings (SSSR count). The molecule has 9 heteroatoms. The Kier molecular flexibility index (Phi) is 8.81. The lowest BCUT2D eigenvalue weighted by atomic mass is 9.95. The number of carbonyl (C=O) groups excluding carboxylic acids is 3. The number of hydrogen-bond acceptors (Lipinski definition) is 4. The molecule has 1 N–H and O–H groups in total. The Morgan fingerprint density at radius 1 is 1.24 bits per heavy atom. The van der Waals surface area contributed by atoms with E-state index in [4.69, 9.17) is 18.0 Å². The number of fused-ring (bicyclic) bond motifs is 1. The lowest BCUT2D eigenvalue weighted by molar-refractivity contribution is -0.191. The monoisotopic (exact) mass is 487 g/mol. The van der Waals surface area contributed by atoms with Crippen molar-refractivity contribution < 1.29 is 14.4 Å². The molecule has 1 unspecified atom stereocenters. The van der Waals surface area contributed by atoms with E-state index in [0.717, 1.165) is 12.0 Å². The van der Waals surface area contributed by atoms with Gasteiger partial charge in [0.1, 0.15) is 12.2 Å². The van der Waals surface area contributed by atoms with Crippen LogP contribution in [-0.4, -0.2) is 81.9 Å². The van der Waals surface area contributed by atoms with Crippen LogP contribution in [0.15, 0.2) is 30.3 Å². The van der Waals surface area contributed by atoms with E-state index in [1.54, 1.807) is 14.8 Å². The minimum atomic E-state index is -0.728. The molecule has 8 nitrogen and oxygen atoms in total. The standard InChI is InChI=1S/C25H34ClN5O3/c1-5-12-29-17-22(32)30-21(31(29)25(34)27-15-20-9-7-6-8-10-20)16-28(13-11-18(2)3)24(33)23(30)19(4)14-26/h1,6-10,18-19,21,23H,11-17H2,2-4H3,(H,27,34)/t19?,21-,23-/m0/s1. The highest BCUT2D eigenvalue weighted by Gasteiger charge is 2.52. The number of piperazine rings is 1. The number of amides is 4. The maximum atomic E-state index is 13.5. The normalized spacial score (nSPS) is 21.9. The van der Waals surface area contributed by atoms with E-state index in [9.17, 15) is 14.4 Å². The third kappa shape index (κ3) is 5.65. The van der Waals surface area contributed by atoms with Gasteiger partial charge < -0.3 is 15.1 Å². The zero-order valence-electron chi connectivity index (χ0n) is 20.1. The topological polar surface area (TPSA) is 76.2 Å². The number of urea groups is 1. The molecule has 0 radical (unpaired) electrons. The third-order valence-corrected chi connectivity index (χ3v) is 6.78. The number of hydrogen-bond donors (Lipinski definition) is 1. The number of nitrogens with one attached hydrogen (secondary N) is 1. The zero-order valence-corrected chi connectivity index (χ0v) is 20.9. The maximum absolute atomic E-state index is 13.5. The summed E-state index contributed by atoms with van der Waals surface area (Å²) < 4.78 is 0. The van der Waals surface area contributed by atoms with Crippen LogP contribution in [0.3, 0.4) is 0 Å². The molecule has 0 aromatic heterocycles. The zero-order chi connectivity index (χ0) is 24.8. The molecule has 0 aliphatic carbocycles. The predicted octanol–water partition coefficient (Wildman–Crippen LogP) is 2.35. The number of hydrazine groups is 1. The number of nitrogens with zero attached hydrogens (tertiary/aromatic N) is 4. The summed E-state index contributed by atoms with van der Waals surface area (Å²) in [6.45, 7) is 7.19. The van der Waals surface area contributed by atoms with Crippen LogP contribution in [0, 0.1) is 24.2 Å². The summed E-state index contributed by atoms with van der Waals surface area (Å²) in [5.41, 5.74) is 0.954. The SMILES string of the molecule is C#CCN1CC(=O)N2[C@@H](C(C)CCl)C(=O)N(CCC(C)C)C[C@@H]2N1C(=O)NCc1ccccc1. The van der Waals surface area contributed by atoms with E-state index >= 15 is 0 Å². The fraction of sp³-hybridized carbons (Fsp3) is 0.560. The second kappa shape index (κ2) is 11.6. The van der Waals surface area contributed by atoms with E-state index in [-0.39, 0.29) is 49.3 Å². The maximum Gasteiger partial charge on any atom is 0.334 e. The summed E-state index contributed by atoms with van der Waals surface area (Å²) in [4.78, 5) is 43.5. The largest absolute Gasteiger partial charge is 0.337 e. The molecule has 0 bridgehead atoms. The number of rotatable bonds is 8. The van der Waals surface area contributed by atoms with Crippen LogP contribution in [-0.2, 0) is 16.1 Å². The highest BCUT2D eigenvalue weighted by Crippen LogP contribution is 2.30. The van der Waals surface area contributed by atoms with Crippen LogP contribution in [0.1, 0.15) is 32.8 Å². The molecule has 0 spiro atoms. The minimum Gasteiger partial charge on any atom is -0.337 e. The van der Waals surface area contributed by atoms with Crippen LogP contribution in [0.2, 0.25) is 0 Å². The molecule has 4 amide bonds. The molecule has 2 saturated heterocycles. The molecule has 184 valence electrons. The van der Waals surface area contributed by atoms with Gasteiger partial charge in [-0.25, -0.2) is 9.80 Å². The quantitative estimate of drug-likeness (QED) is 0.451. The lowest BCUT2D eigenvalue weighted by Crippen LogP contribution is -2.77. The second-order valence-electron chi connectivity index (χ2n) is 9.34. The first kappa shape index (κ1) is 25.9. The van der Waals surface area contributed by atoms with Crippen molar-refractivity contribution in [2.45, 2.75) is 45.9 Å². The van der Waals surface area contributed by atoms with Crippen molar-refractivity contribution in [3.63, 3.8) is 0 Å². The van der Waals surface area contributed by atoms with Crippen molar-refractivity contribution in [2.24, 2.45) is 11.8 Å². The number of halogens is 1. The van der Waals surface area contributed by atoms with Crippen molar-refractivity contribution in [2.75, 3.05) is 32.1 Å². The Morgan fingerprint density at radius 2 is 1.94 bits per heavy atom. The summed E-state index contributed by atoms with van der Waals surface area (Å²) in [6, 6.07) is 8.49. The molecular weight excluding hydrogens is 454 g/mol. The van der Waals surface area contributed by atoms with Gasteiger partial charge in [-0.1, -0.05) is 57.0 Å². The highest BCUT2D eigenvalue weighted by molar-refractivity contribution is 6.18. The van der Waals surface area contributed by atoms with Gasteiger partial charge in [0.25, 0.3) is 0 Å². The summed E-state index contributed by atoms with van der Waals surface area (Å²) in [7, 11) is 0. The van der Waals surface area contributed by atoms with Crippen molar-refractivity contribution in [1.82, 2.24) is 25.1 Å². The van der Waals surface area contributed by atoms with Gasteiger partial charge in [-0.2, -0.15) is 5.01 Å². The van der Waals surface area contributed by atoms with Crippen LogP contribution in [0.5, 0.6) is 0 Å². The molecule has 1 aromatic rings. The Labute approximate surface area is 207 Å². The van der Waals surface area contributed by atoms with Crippen molar-refractivity contribution in [1.29, 1.82) is 0 Å². The Morgan fingerprint density at radius 3 is 2.56 bits per heavy atom. The van der Waals surface area contributed by atoms with Crippen LogP contribution in [0.25, 0.3) is 0 Å². The number of alkyl halides is 1.